The Bertz CT molecular complexity index is 1080. The summed E-state index contributed by atoms with van der Waals surface area (Å²) in [7, 11) is 2.98. The van der Waals surface area contributed by atoms with Crippen molar-refractivity contribution in [2.24, 2.45) is 4.99 Å². The minimum absolute atomic E-state index is 0.259. The Labute approximate surface area is 170 Å². The Balaban J connectivity index is 2.25. The number of carbonyl (C=O) groups excluding carboxylic acids is 1. The number of amides is 1. The zero-order chi connectivity index (χ0) is 19.6. The summed E-state index contributed by atoms with van der Waals surface area (Å²) >= 11 is 13.8. The summed E-state index contributed by atoms with van der Waals surface area (Å²) in [5.74, 6) is 0.303. The van der Waals surface area contributed by atoms with Crippen molar-refractivity contribution in [2.75, 3.05) is 14.2 Å². The lowest BCUT2D eigenvalue weighted by molar-refractivity contribution is 0.0992. The van der Waals surface area contributed by atoms with Crippen molar-refractivity contribution in [3.8, 4) is 11.5 Å². The molecule has 3 aromatic rings. The molecule has 0 aliphatic rings. The number of benzene rings is 2. The van der Waals surface area contributed by atoms with Gasteiger partial charge in [-0.25, -0.2) is 0 Å². The molecule has 0 saturated carbocycles. The standard InChI is InChI=1S/C19H16Cl2N2O3S/c1-4-8-23-17-12(21)9-11(20)10-15(17)27-19(23)22-18(24)16-13(25-2)6-5-7-14(16)26-3/h4-7,9-10H,1,8H2,2-3H3. The van der Waals surface area contributed by atoms with E-state index in [0.717, 1.165) is 10.2 Å². The molecule has 0 aliphatic carbocycles. The van der Waals surface area contributed by atoms with Crippen molar-refractivity contribution in [1.82, 2.24) is 4.57 Å². The molecule has 27 heavy (non-hydrogen) atoms. The van der Waals surface area contributed by atoms with Crippen LogP contribution in [0, 0.1) is 0 Å². The Morgan fingerprint density at radius 2 is 1.93 bits per heavy atom. The fourth-order valence-electron chi connectivity index (χ4n) is 2.72. The molecule has 8 heteroatoms. The molecule has 0 N–H and O–H groups in total. The second-order valence-electron chi connectivity index (χ2n) is 5.47. The van der Waals surface area contributed by atoms with Crippen LogP contribution >= 0.6 is 34.5 Å². The molecule has 0 fully saturated rings. The van der Waals surface area contributed by atoms with E-state index in [1.165, 1.54) is 25.6 Å². The number of ether oxygens (including phenoxy) is 2. The van der Waals surface area contributed by atoms with Gasteiger partial charge >= 0.3 is 0 Å². The van der Waals surface area contributed by atoms with E-state index in [1.54, 1.807) is 36.4 Å². The Kier molecular flexibility index (Phi) is 5.89. The monoisotopic (exact) mass is 422 g/mol. The zero-order valence-electron chi connectivity index (χ0n) is 14.7. The van der Waals surface area contributed by atoms with Crippen LogP contribution < -0.4 is 14.3 Å². The molecule has 1 heterocycles. The number of aromatic nitrogens is 1. The highest BCUT2D eigenvalue weighted by molar-refractivity contribution is 7.16. The van der Waals surface area contributed by atoms with Crippen molar-refractivity contribution in [3.63, 3.8) is 0 Å². The molecule has 2 aromatic carbocycles. The predicted octanol–water partition coefficient (Wildman–Crippen LogP) is 4.95. The van der Waals surface area contributed by atoms with Crippen LogP contribution in [0.4, 0.5) is 0 Å². The van der Waals surface area contributed by atoms with Crippen LogP contribution in [0.3, 0.4) is 0 Å². The number of thiazole rings is 1. The highest BCUT2D eigenvalue weighted by Crippen LogP contribution is 2.31. The van der Waals surface area contributed by atoms with Crippen LogP contribution in [0.2, 0.25) is 10.0 Å². The van der Waals surface area contributed by atoms with Crippen molar-refractivity contribution in [2.45, 2.75) is 6.54 Å². The van der Waals surface area contributed by atoms with E-state index < -0.39 is 5.91 Å². The fraction of sp³-hybridized carbons (Fsp3) is 0.158. The van der Waals surface area contributed by atoms with E-state index in [-0.39, 0.29) is 5.56 Å². The third kappa shape index (κ3) is 3.74. The molecule has 0 atom stereocenters. The van der Waals surface area contributed by atoms with Gasteiger partial charge in [0.2, 0.25) is 0 Å². The van der Waals surface area contributed by atoms with Gasteiger partial charge in [0.25, 0.3) is 5.91 Å². The maximum atomic E-state index is 12.9. The van der Waals surface area contributed by atoms with Gasteiger partial charge in [0.1, 0.15) is 17.1 Å². The summed E-state index contributed by atoms with van der Waals surface area (Å²) in [6.07, 6.45) is 1.71. The van der Waals surface area contributed by atoms with E-state index in [4.69, 9.17) is 32.7 Å². The molecule has 0 spiro atoms. The second-order valence-corrected chi connectivity index (χ2v) is 7.33. The van der Waals surface area contributed by atoms with E-state index in [9.17, 15) is 4.79 Å². The predicted molar refractivity (Wildman–Crippen MR) is 109 cm³/mol. The van der Waals surface area contributed by atoms with Gasteiger partial charge in [-0.05, 0) is 24.3 Å². The number of carbonyl (C=O) groups is 1. The normalized spacial score (nSPS) is 11.6. The van der Waals surface area contributed by atoms with Gasteiger partial charge in [0.15, 0.2) is 4.80 Å². The second kappa shape index (κ2) is 8.17. The Morgan fingerprint density at radius 1 is 1.26 bits per heavy atom. The van der Waals surface area contributed by atoms with Crippen LogP contribution in [-0.2, 0) is 6.54 Å². The van der Waals surface area contributed by atoms with E-state index >= 15 is 0 Å². The number of halogens is 2. The van der Waals surface area contributed by atoms with Gasteiger partial charge < -0.3 is 14.0 Å². The summed E-state index contributed by atoms with van der Waals surface area (Å²) in [6, 6.07) is 8.57. The Morgan fingerprint density at radius 3 is 2.52 bits per heavy atom. The van der Waals surface area contributed by atoms with Gasteiger partial charge in [-0.3, -0.25) is 4.79 Å². The quantitative estimate of drug-likeness (QED) is 0.546. The van der Waals surface area contributed by atoms with Crippen molar-refractivity contribution in [1.29, 1.82) is 0 Å². The molecule has 140 valence electrons. The highest BCUT2D eigenvalue weighted by Gasteiger charge is 2.19. The first kappa shape index (κ1) is 19.5. The molecule has 5 nitrogen and oxygen atoms in total. The average Bonchev–Trinajstić information content (AvgIpc) is 2.98. The molecule has 0 aliphatic heterocycles. The van der Waals surface area contributed by atoms with Gasteiger partial charge in [0.05, 0.1) is 29.5 Å². The summed E-state index contributed by atoms with van der Waals surface area (Å²) in [5.41, 5.74) is 1.01. The van der Waals surface area contributed by atoms with Crippen LogP contribution in [0.25, 0.3) is 10.2 Å². The SMILES string of the molecule is C=CCn1c(=NC(=O)c2c(OC)cccc2OC)sc2cc(Cl)cc(Cl)c21. The minimum atomic E-state index is -0.476. The highest BCUT2D eigenvalue weighted by atomic mass is 35.5. The van der Waals surface area contributed by atoms with Gasteiger partial charge in [-0.2, -0.15) is 4.99 Å². The summed E-state index contributed by atoms with van der Waals surface area (Å²) in [6.45, 7) is 4.21. The number of hydrogen-bond acceptors (Lipinski definition) is 4. The maximum Gasteiger partial charge on any atom is 0.287 e. The smallest absolute Gasteiger partial charge is 0.287 e. The molecule has 0 radical (unpaired) electrons. The van der Waals surface area contributed by atoms with Crippen LogP contribution in [0.1, 0.15) is 10.4 Å². The van der Waals surface area contributed by atoms with Crippen molar-refractivity contribution in [3.05, 3.63) is 63.4 Å². The molecule has 0 saturated heterocycles. The number of methoxy groups -OCH3 is 2. The van der Waals surface area contributed by atoms with E-state index in [2.05, 4.69) is 11.6 Å². The number of fused-ring (bicyclic) bond motifs is 1. The lowest BCUT2D eigenvalue weighted by atomic mass is 10.1. The fourth-order valence-corrected chi connectivity index (χ4v) is 4.54. The molecule has 1 aromatic heterocycles. The summed E-state index contributed by atoms with van der Waals surface area (Å²) < 4.78 is 13.3. The van der Waals surface area contributed by atoms with Crippen LogP contribution in [0.15, 0.2) is 48.0 Å². The molecule has 1 amide bonds. The number of allylic oxidation sites excluding steroid dienone is 1. The molecule has 3 rings (SSSR count). The molecule has 0 bridgehead atoms. The number of rotatable bonds is 5. The average molecular weight is 423 g/mol. The van der Waals surface area contributed by atoms with Crippen LogP contribution in [-0.4, -0.2) is 24.7 Å². The maximum absolute atomic E-state index is 12.9. The zero-order valence-corrected chi connectivity index (χ0v) is 17.0. The summed E-state index contributed by atoms with van der Waals surface area (Å²) in [5, 5.41) is 1.00. The van der Waals surface area contributed by atoms with Crippen molar-refractivity contribution < 1.29 is 14.3 Å². The van der Waals surface area contributed by atoms with Gasteiger partial charge in [-0.15, -0.1) is 6.58 Å². The first-order chi connectivity index (χ1) is 13.0. The molecule has 0 unspecified atom stereocenters. The molecular formula is C19H16Cl2N2O3S. The lowest BCUT2D eigenvalue weighted by Crippen LogP contribution is -2.17. The number of nitrogens with zero attached hydrogens (tertiary/aromatic N) is 2. The molecular weight excluding hydrogens is 407 g/mol. The number of hydrogen-bond donors (Lipinski definition) is 0. The van der Waals surface area contributed by atoms with Crippen molar-refractivity contribution >= 4 is 50.7 Å². The van der Waals surface area contributed by atoms with Crippen LogP contribution in [0.5, 0.6) is 11.5 Å². The Hall–Kier alpha value is -2.28. The van der Waals surface area contributed by atoms with Gasteiger partial charge in [-0.1, -0.05) is 46.7 Å². The first-order valence-electron chi connectivity index (χ1n) is 7.89. The van der Waals surface area contributed by atoms with Gasteiger partial charge in [0, 0.05) is 11.6 Å². The topological polar surface area (TPSA) is 52.8 Å². The third-order valence-corrected chi connectivity index (χ3v) is 5.38. The van der Waals surface area contributed by atoms with E-state index in [0.29, 0.717) is 32.9 Å². The first-order valence-corrected chi connectivity index (χ1v) is 9.46. The minimum Gasteiger partial charge on any atom is -0.496 e. The largest absolute Gasteiger partial charge is 0.496 e. The lowest BCUT2D eigenvalue weighted by Gasteiger charge is -2.09. The van der Waals surface area contributed by atoms with E-state index in [1.807, 2.05) is 4.57 Å². The summed E-state index contributed by atoms with van der Waals surface area (Å²) in [4.78, 5) is 17.7. The third-order valence-electron chi connectivity index (χ3n) is 3.85.